The fourth-order valence-corrected chi connectivity index (χ4v) is 5.40. The standard InChI is InChI=1S/C22H27N6O11P/c1-12(18(31)35-3)25-40(34,39-14-8-6-5-7-13(14)19(32)36-4)37-11-15-17(30)22(2,26-27-23)20(38-15)28-10-9-16(29)24-21(28)33/h5-10,12,15,17,20,30H,11H2,1-4H3,(H,25,34)(H,24,29,33)/t12-,15+,17+,20-,22+,40?/m0/s1. The number of azide groups is 1. The van der Waals surface area contributed by atoms with E-state index in [1.807, 2.05) is 4.98 Å². The maximum atomic E-state index is 13.8. The zero-order valence-corrected chi connectivity index (χ0v) is 22.6. The minimum Gasteiger partial charge on any atom is -0.468 e. The van der Waals surface area contributed by atoms with Crippen molar-refractivity contribution < 1.29 is 42.5 Å². The van der Waals surface area contributed by atoms with Crippen molar-refractivity contribution in [3.05, 3.63) is 73.4 Å². The van der Waals surface area contributed by atoms with Gasteiger partial charge in [-0.1, -0.05) is 17.2 Å². The van der Waals surface area contributed by atoms with Crippen LogP contribution in [0.15, 0.2) is 51.2 Å². The first-order valence-electron chi connectivity index (χ1n) is 11.6. The zero-order chi connectivity index (χ0) is 29.7. The van der Waals surface area contributed by atoms with Crippen molar-refractivity contribution in [2.45, 2.75) is 43.9 Å². The largest absolute Gasteiger partial charge is 0.468 e. The Morgan fingerprint density at radius 1 is 1.30 bits per heavy atom. The molecule has 1 aromatic heterocycles. The van der Waals surface area contributed by atoms with Crippen LogP contribution in [-0.4, -0.2) is 71.2 Å². The van der Waals surface area contributed by atoms with Gasteiger partial charge in [0.25, 0.3) is 5.56 Å². The van der Waals surface area contributed by atoms with E-state index in [9.17, 15) is 28.8 Å². The van der Waals surface area contributed by atoms with Crippen molar-refractivity contribution in [3.8, 4) is 5.75 Å². The number of aromatic amines is 1. The van der Waals surface area contributed by atoms with Gasteiger partial charge in [0.15, 0.2) is 6.23 Å². The fourth-order valence-electron chi connectivity index (χ4n) is 3.88. The third-order valence-electron chi connectivity index (χ3n) is 5.94. The maximum Gasteiger partial charge on any atom is 0.459 e. The van der Waals surface area contributed by atoms with E-state index in [0.29, 0.717) is 0 Å². The maximum absolute atomic E-state index is 13.8. The minimum absolute atomic E-state index is 0.105. The van der Waals surface area contributed by atoms with Crippen LogP contribution in [0.5, 0.6) is 5.75 Å². The summed E-state index contributed by atoms with van der Waals surface area (Å²) < 4.78 is 41.0. The molecule has 1 aliphatic heterocycles. The number of aliphatic hydroxyl groups is 1. The molecule has 6 atom stereocenters. The number of aliphatic hydroxyl groups excluding tert-OH is 1. The van der Waals surface area contributed by atoms with Crippen LogP contribution >= 0.6 is 7.75 Å². The predicted molar refractivity (Wildman–Crippen MR) is 135 cm³/mol. The Hall–Kier alpha value is -3.98. The molecule has 1 aliphatic rings. The Labute approximate surface area is 226 Å². The number of ether oxygens (including phenoxy) is 3. The van der Waals surface area contributed by atoms with Crippen LogP contribution in [0.1, 0.15) is 30.4 Å². The lowest BCUT2D eigenvalue weighted by Gasteiger charge is -2.28. The molecule has 2 aromatic rings. The number of hydrogen-bond donors (Lipinski definition) is 3. The van der Waals surface area contributed by atoms with E-state index in [-0.39, 0.29) is 11.3 Å². The average molecular weight is 582 g/mol. The van der Waals surface area contributed by atoms with E-state index in [2.05, 4.69) is 19.9 Å². The number of methoxy groups -OCH3 is 2. The molecule has 2 heterocycles. The van der Waals surface area contributed by atoms with E-state index in [1.165, 1.54) is 38.1 Å². The van der Waals surface area contributed by atoms with E-state index in [4.69, 9.17) is 24.1 Å². The smallest absolute Gasteiger partial charge is 0.459 e. The molecule has 1 fully saturated rings. The van der Waals surface area contributed by atoms with Gasteiger partial charge in [-0.05, 0) is 31.5 Å². The van der Waals surface area contributed by atoms with Crippen LogP contribution < -0.4 is 20.9 Å². The minimum atomic E-state index is -4.55. The Bertz CT molecular complexity index is 1470. The lowest BCUT2D eigenvalue weighted by molar-refractivity contribution is -0.142. The normalized spacial score (nSPS) is 24.3. The lowest BCUT2D eigenvalue weighted by atomic mass is 9.93. The summed E-state index contributed by atoms with van der Waals surface area (Å²) in [4.78, 5) is 52.9. The number of carbonyl (C=O) groups excluding carboxylic acids is 2. The molecule has 0 radical (unpaired) electrons. The van der Waals surface area contributed by atoms with Gasteiger partial charge >= 0.3 is 25.4 Å². The van der Waals surface area contributed by atoms with E-state index >= 15 is 0 Å². The first-order valence-corrected chi connectivity index (χ1v) is 13.1. The van der Waals surface area contributed by atoms with Crippen LogP contribution in [0.25, 0.3) is 10.4 Å². The number of carbonyl (C=O) groups is 2. The number of hydrogen-bond acceptors (Lipinski definition) is 12. The van der Waals surface area contributed by atoms with Crippen molar-refractivity contribution in [2.24, 2.45) is 5.11 Å². The SMILES string of the molecule is COC(=O)c1ccccc1OP(=O)(N[C@@H](C)C(=O)OC)OC[C@H]1O[C@H](n2ccc(=O)[nH]c2=O)[C@](C)(N=[N+]=[N-])[C@@H]1O. The molecule has 1 saturated heterocycles. The highest BCUT2D eigenvalue weighted by molar-refractivity contribution is 7.52. The molecule has 3 N–H and O–H groups in total. The second-order valence-electron chi connectivity index (χ2n) is 8.65. The summed E-state index contributed by atoms with van der Waals surface area (Å²) in [5.41, 5.74) is 5.62. The Morgan fingerprint density at radius 3 is 2.62 bits per heavy atom. The van der Waals surface area contributed by atoms with Gasteiger partial charge in [0.05, 0.1) is 26.9 Å². The molecule has 0 aliphatic carbocycles. The number of rotatable bonds is 11. The monoisotopic (exact) mass is 582 g/mol. The second kappa shape index (κ2) is 12.5. The van der Waals surface area contributed by atoms with Gasteiger partial charge < -0.3 is 23.8 Å². The van der Waals surface area contributed by atoms with Crippen molar-refractivity contribution >= 4 is 19.7 Å². The lowest BCUT2D eigenvalue weighted by Crippen LogP contribution is -2.45. The second-order valence-corrected chi connectivity index (χ2v) is 10.3. The number of H-pyrrole nitrogens is 1. The third kappa shape index (κ3) is 6.42. The molecule has 0 saturated carbocycles. The molecule has 40 heavy (non-hydrogen) atoms. The highest BCUT2D eigenvalue weighted by Crippen LogP contribution is 2.48. The van der Waals surface area contributed by atoms with Crippen molar-refractivity contribution in [2.75, 3.05) is 20.8 Å². The van der Waals surface area contributed by atoms with Crippen molar-refractivity contribution in [1.29, 1.82) is 0 Å². The summed E-state index contributed by atoms with van der Waals surface area (Å²) in [6.45, 7) is 1.93. The zero-order valence-electron chi connectivity index (χ0n) is 21.7. The molecule has 0 bridgehead atoms. The van der Waals surface area contributed by atoms with Gasteiger partial charge in [-0.3, -0.25) is 23.7 Å². The van der Waals surface area contributed by atoms with Gasteiger partial charge in [0, 0.05) is 17.2 Å². The average Bonchev–Trinajstić information content (AvgIpc) is 3.16. The summed E-state index contributed by atoms with van der Waals surface area (Å²) in [6, 6.07) is 5.44. The van der Waals surface area contributed by atoms with Gasteiger partial charge in [0.1, 0.15) is 29.0 Å². The van der Waals surface area contributed by atoms with E-state index < -0.39 is 67.6 Å². The molecule has 0 spiro atoms. The predicted octanol–water partition coefficient (Wildman–Crippen LogP) is 1.01. The van der Waals surface area contributed by atoms with Crippen LogP contribution in [0, 0.1) is 0 Å². The van der Waals surface area contributed by atoms with Crippen molar-refractivity contribution in [3.63, 3.8) is 0 Å². The van der Waals surface area contributed by atoms with Crippen LogP contribution in [-0.2, 0) is 28.1 Å². The highest BCUT2D eigenvalue weighted by Gasteiger charge is 2.55. The Morgan fingerprint density at radius 2 is 2.00 bits per heavy atom. The highest BCUT2D eigenvalue weighted by atomic mass is 31.2. The molecule has 216 valence electrons. The fraction of sp³-hybridized carbons (Fsp3) is 0.455. The topological polar surface area (TPSA) is 233 Å². The number of esters is 2. The summed E-state index contributed by atoms with van der Waals surface area (Å²) >= 11 is 0. The van der Waals surface area contributed by atoms with Gasteiger partial charge in [-0.25, -0.2) is 14.2 Å². The molecule has 0 amide bonds. The number of nitrogens with zero attached hydrogens (tertiary/aromatic N) is 4. The van der Waals surface area contributed by atoms with Gasteiger partial charge in [-0.2, -0.15) is 5.09 Å². The molecular formula is C22H27N6O11P. The molecule has 1 aromatic carbocycles. The Balaban J connectivity index is 1.94. The number of benzene rings is 1. The van der Waals surface area contributed by atoms with Crippen LogP contribution in [0.4, 0.5) is 0 Å². The van der Waals surface area contributed by atoms with Crippen molar-refractivity contribution in [1.82, 2.24) is 14.6 Å². The number of nitrogens with one attached hydrogen (secondary N) is 2. The number of aromatic nitrogens is 2. The summed E-state index contributed by atoms with van der Waals surface area (Å²) in [5, 5.41) is 17.0. The molecule has 1 unspecified atom stereocenters. The first-order chi connectivity index (χ1) is 18.9. The molecular weight excluding hydrogens is 555 g/mol. The van der Waals surface area contributed by atoms with Gasteiger partial charge in [-0.15, -0.1) is 0 Å². The van der Waals surface area contributed by atoms with Crippen LogP contribution in [0.3, 0.4) is 0 Å². The quantitative estimate of drug-likeness (QED) is 0.111. The molecule has 18 heteroatoms. The van der Waals surface area contributed by atoms with Crippen LogP contribution in [0.2, 0.25) is 0 Å². The van der Waals surface area contributed by atoms with Gasteiger partial charge in [0.2, 0.25) is 0 Å². The summed E-state index contributed by atoms with van der Waals surface area (Å²) in [5.74, 6) is -1.84. The molecule has 17 nitrogen and oxygen atoms in total. The number of para-hydroxylation sites is 1. The van der Waals surface area contributed by atoms with E-state index in [1.54, 1.807) is 0 Å². The Kier molecular flexibility index (Phi) is 9.52. The first kappa shape index (κ1) is 30.6. The summed E-state index contributed by atoms with van der Waals surface area (Å²) in [6.07, 6.45) is -3.33. The molecule has 3 rings (SSSR count). The third-order valence-corrected chi connectivity index (χ3v) is 7.57. The van der Waals surface area contributed by atoms with E-state index in [0.717, 1.165) is 31.0 Å². The summed E-state index contributed by atoms with van der Waals surface area (Å²) in [7, 11) is -2.31.